The third kappa shape index (κ3) is 4.49. The van der Waals surface area contributed by atoms with Crippen LogP contribution in [0.15, 0.2) is 29.2 Å². The molecule has 1 aromatic carbocycles. The van der Waals surface area contributed by atoms with Crippen LogP contribution in [0.5, 0.6) is 0 Å². The Balaban J connectivity index is 1.41. The first kappa shape index (κ1) is 21.2. The first-order valence-electron chi connectivity index (χ1n) is 10.9. The van der Waals surface area contributed by atoms with Crippen molar-refractivity contribution in [2.45, 2.75) is 45.6 Å². The molecule has 7 heteroatoms. The molecule has 0 radical (unpaired) electrons. The minimum Gasteiger partial charge on any atom is -0.382 e. The summed E-state index contributed by atoms with van der Waals surface area (Å²) >= 11 is 6.42. The van der Waals surface area contributed by atoms with Gasteiger partial charge in [0.1, 0.15) is 5.02 Å². The number of nitrogens with zero attached hydrogens (tertiary/aromatic N) is 3. The Kier molecular flexibility index (Phi) is 6.64. The van der Waals surface area contributed by atoms with Crippen LogP contribution in [0.2, 0.25) is 5.02 Å². The van der Waals surface area contributed by atoms with E-state index < -0.39 is 0 Å². The second kappa shape index (κ2) is 9.40. The average Bonchev–Trinajstić information content (AvgIpc) is 2.76. The van der Waals surface area contributed by atoms with Crippen molar-refractivity contribution in [2.24, 2.45) is 5.92 Å². The number of aromatic nitrogens is 2. The molecule has 2 aliphatic heterocycles. The van der Waals surface area contributed by atoms with E-state index >= 15 is 0 Å². The van der Waals surface area contributed by atoms with Crippen LogP contribution in [-0.2, 0) is 4.74 Å². The molecule has 0 saturated carbocycles. The van der Waals surface area contributed by atoms with Crippen molar-refractivity contribution in [3.8, 4) is 0 Å². The fourth-order valence-electron chi connectivity index (χ4n) is 4.69. The fourth-order valence-corrected chi connectivity index (χ4v) is 4.89. The van der Waals surface area contributed by atoms with Crippen molar-refractivity contribution in [2.75, 3.05) is 43.1 Å². The van der Waals surface area contributed by atoms with Gasteiger partial charge in [0, 0.05) is 31.9 Å². The van der Waals surface area contributed by atoms with E-state index in [1.807, 2.05) is 0 Å². The summed E-state index contributed by atoms with van der Waals surface area (Å²) in [5.41, 5.74) is 4.33. The zero-order valence-corrected chi connectivity index (χ0v) is 18.6. The van der Waals surface area contributed by atoms with E-state index in [1.54, 1.807) is 10.9 Å². The lowest BCUT2D eigenvalue weighted by Gasteiger charge is -2.35. The maximum Gasteiger partial charge on any atom is 0.287 e. The quantitative estimate of drug-likeness (QED) is 0.770. The summed E-state index contributed by atoms with van der Waals surface area (Å²) in [6.07, 6.45) is 5.67. The monoisotopic (exact) mass is 430 g/mol. The lowest BCUT2D eigenvalue weighted by Crippen LogP contribution is -2.39. The molecular formula is C23H31ClN4O2. The van der Waals surface area contributed by atoms with Crippen LogP contribution in [0.1, 0.15) is 42.9 Å². The van der Waals surface area contributed by atoms with E-state index in [2.05, 4.69) is 47.4 Å². The second-order valence-electron chi connectivity index (χ2n) is 8.54. The van der Waals surface area contributed by atoms with E-state index in [-0.39, 0.29) is 16.6 Å². The van der Waals surface area contributed by atoms with Crippen LogP contribution in [0.25, 0.3) is 0 Å². The van der Waals surface area contributed by atoms with Crippen LogP contribution in [0.4, 0.5) is 11.4 Å². The van der Waals surface area contributed by atoms with Gasteiger partial charge in [-0.05, 0) is 56.6 Å². The zero-order valence-electron chi connectivity index (χ0n) is 17.9. The third-order valence-electron chi connectivity index (χ3n) is 6.35. The van der Waals surface area contributed by atoms with Crippen LogP contribution in [0.3, 0.4) is 0 Å². The number of anilines is 2. The summed E-state index contributed by atoms with van der Waals surface area (Å²) in [6.45, 7) is 8.48. The molecular weight excluding hydrogens is 400 g/mol. The number of rotatable bonds is 5. The molecule has 30 heavy (non-hydrogen) atoms. The molecule has 0 unspecified atom stereocenters. The van der Waals surface area contributed by atoms with E-state index in [0.29, 0.717) is 11.6 Å². The zero-order chi connectivity index (χ0) is 21.1. The van der Waals surface area contributed by atoms with Gasteiger partial charge in [-0.2, -0.15) is 5.10 Å². The number of nitrogens with one attached hydrogen (secondary N) is 1. The Morgan fingerprint density at radius 3 is 2.60 bits per heavy atom. The van der Waals surface area contributed by atoms with Crippen LogP contribution >= 0.6 is 11.6 Å². The van der Waals surface area contributed by atoms with Crippen molar-refractivity contribution in [3.05, 3.63) is 50.9 Å². The number of para-hydroxylation sites is 1. The Labute approximate surface area is 183 Å². The number of halogens is 1. The average molecular weight is 431 g/mol. The Bertz CT molecular complexity index is 911. The molecule has 0 amide bonds. The van der Waals surface area contributed by atoms with Gasteiger partial charge in [0.25, 0.3) is 5.56 Å². The highest BCUT2D eigenvalue weighted by atomic mass is 35.5. The van der Waals surface area contributed by atoms with Crippen molar-refractivity contribution in [1.29, 1.82) is 0 Å². The Hall–Kier alpha value is -2.05. The SMILES string of the molecule is Cc1cccc(C)c1N1CCC(n2ncc(NC[C@H]3CCCOC3)c(Cl)c2=O)CC1. The van der Waals surface area contributed by atoms with Crippen molar-refractivity contribution < 1.29 is 4.74 Å². The first-order valence-corrected chi connectivity index (χ1v) is 11.3. The van der Waals surface area contributed by atoms with E-state index in [0.717, 1.165) is 58.5 Å². The smallest absolute Gasteiger partial charge is 0.287 e. The number of benzene rings is 1. The van der Waals surface area contributed by atoms with E-state index in [4.69, 9.17) is 16.3 Å². The van der Waals surface area contributed by atoms with E-state index in [9.17, 15) is 4.79 Å². The molecule has 0 spiro atoms. The number of hydrogen-bond donors (Lipinski definition) is 1. The highest BCUT2D eigenvalue weighted by molar-refractivity contribution is 6.32. The maximum absolute atomic E-state index is 12.9. The van der Waals surface area contributed by atoms with Gasteiger partial charge in [-0.3, -0.25) is 4.79 Å². The van der Waals surface area contributed by atoms with Crippen molar-refractivity contribution in [1.82, 2.24) is 9.78 Å². The molecule has 3 heterocycles. The molecule has 162 valence electrons. The molecule has 0 aliphatic carbocycles. The molecule has 2 fully saturated rings. The van der Waals surface area contributed by atoms with Gasteiger partial charge < -0.3 is 15.0 Å². The van der Waals surface area contributed by atoms with Crippen LogP contribution in [-0.4, -0.2) is 42.6 Å². The van der Waals surface area contributed by atoms with Gasteiger partial charge in [-0.25, -0.2) is 4.68 Å². The van der Waals surface area contributed by atoms with Gasteiger partial charge in [0.15, 0.2) is 0 Å². The number of piperidine rings is 1. The summed E-state index contributed by atoms with van der Waals surface area (Å²) in [7, 11) is 0. The number of aryl methyl sites for hydroxylation is 2. The lowest BCUT2D eigenvalue weighted by atomic mass is 10.0. The molecule has 6 nitrogen and oxygen atoms in total. The minimum absolute atomic E-state index is 0.0800. The maximum atomic E-state index is 12.9. The van der Waals surface area contributed by atoms with Gasteiger partial charge >= 0.3 is 0 Å². The summed E-state index contributed by atoms with van der Waals surface area (Å²) < 4.78 is 7.10. The van der Waals surface area contributed by atoms with E-state index in [1.165, 1.54) is 16.8 Å². The molecule has 4 rings (SSSR count). The summed E-state index contributed by atoms with van der Waals surface area (Å²) in [5.74, 6) is 0.450. The summed E-state index contributed by atoms with van der Waals surface area (Å²) in [4.78, 5) is 15.3. The van der Waals surface area contributed by atoms with Gasteiger partial charge in [-0.15, -0.1) is 0 Å². The molecule has 1 aromatic heterocycles. The number of hydrogen-bond acceptors (Lipinski definition) is 5. The predicted octanol–water partition coefficient (Wildman–Crippen LogP) is 4.19. The van der Waals surface area contributed by atoms with Gasteiger partial charge in [0.05, 0.1) is 24.5 Å². The molecule has 1 atom stereocenters. The topological polar surface area (TPSA) is 59.4 Å². The summed E-state index contributed by atoms with van der Waals surface area (Å²) in [6, 6.07) is 6.50. The van der Waals surface area contributed by atoms with Crippen LogP contribution in [0, 0.1) is 19.8 Å². The fraction of sp³-hybridized carbons (Fsp3) is 0.565. The highest BCUT2D eigenvalue weighted by Gasteiger charge is 2.25. The predicted molar refractivity (Wildman–Crippen MR) is 122 cm³/mol. The second-order valence-corrected chi connectivity index (χ2v) is 8.92. The minimum atomic E-state index is -0.202. The number of ether oxygens (including phenoxy) is 1. The molecule has 2 aliphatic rings. The standard InChI is InChI=1S/C23H31ClN4O2/c1-16-5-3-6-17(2)22(16)27-10-8-19(9-11-27)28-23(29)21(24)20(14-26-28)25-13-18-7-4-12-30-15-18/h3,5-6,14,18-19,25H,4,7-13,15H2,1-2H3/t18-/m1/s1. The Morgan fingerprint density at radius 1 is 1.20 bits per heavy atom. The molecule has 2 saturated heterocycles. The van der Waals surface area contributed by atoms with Gasteiger partial charge in [0.2, 0.25) is 0 Å². The van der Waals surface area contributed by atoms with Crippen molar-refractivity contribution >= 4 is 23.0 Å². The van der Waals surface area contributed by atoms with Crippen LogP contribution < -0.4 is 15.8 Å². The molecule has 0 bridgehead atoms. The largest absolute Gasteiger partial charge is 0.382 e. The molecule has 2 aromatic rings. The Morgan fingerprint density at radius 2 is 1.93 bits per heavy atom. The van der Waals surface area contributed by atoms with Crippen molar-refractivity contribution in [3.63, 3.8) is 0 Å². The molecule has 1 N–H and O–H groups in total. The lowest BCUT2D eigenvalue weighted by molar-refractivity contribution is 0.0595. The normalized spacial score (nSPS) is 20.4. The highest BCUT2D eigenvalue weighted by Crippen LogP contribution is 2.30. The first-order chi connectivity index (χ1) is 14.5. The van der Waals surface area contributed by atoms with Gasteiger partial charge in [-0.1, -0.05) is 29.8 Å². The third-order valence-corrected chi connectivity index (χ3v) is 6.71. The summed E-state index contributed by atoms with van der Waals surface area (Å²) in [5, 5.41) is 8.00.